The molecule has 0 saturated carbocycles. The third kappa shape index (κ3) is 2.01. The Morgan fingerprint density at radius 2 is 1.31 bits per heavy atom. The van der Waals surface area contributed by atoms with Crippen LogP contribution in [0.3, 0.4) is 0 Å². The van der Waals surface area contributed by atoms with Crippen molar-refractivity contribution in [3.63, 3.8) is 0 Å². The molecule has 0 spiro atoms. The van der Waals surface area contributed by atoms with Gasteiger partial charge in [-0.25, -0.2) is 0 Å². The Kier molecular flexibility index (Phi) is 3.33. The predicted octanol–water partition coefficient (Wildman–Crippen LogP) is 4.88. The van der Waals surface area contributed by atoms with Crippen LogP contribution in [0.5, 0.6) is 0 Å². The first-order valence-electron chi connectivity index (χ1n) is 5.43. The molecule has 0 aliphatic carbocycles. The molecule has 2 rings (SSSR count). The molecule has 0 unspecified atom stereocenters. The van der Waals surface area contributed by atoms with E-state index in [1.165, 1.54) is 31.4 Å². The molecule has 16 heavy (non-hydrogen) atoms. The summed E-state index contributed by atoms with van der Waals surface area (Å²) in [5, 5.41) is 0. The van der Waals surface area contributed by atoms with Crippen LogP contribution in [-0.4, -0.2) is 0 Å². The van der Waals surface area contributed by atoms with Gasteiger partial charge in [-0.3, -0.25) is 0 Å². The Bertz CT molecular complexity index is 477. The molecule has 0 atom stereocenters. The van der Waals surface area contributed by atoms with E-state index in [0.29, 0.717) is 0 Å². The van der Waals surface area contributed by atoms with Crippen molar-refractivity contribution in [1.82, 2.24) is 0 Å². The van der Waals surface area contributed by atoms with Gasteiger partial charge < -0.3 is 0 Å². The average molecular weight is 322 g/mol. The van der Waals surface area contributed by atoms with Gasteiger partial charge in [0.15, 0.2) is 0 Å². The molecule has 2 aromatic carbocycles. The van der Waals surface area contributed by atoms with Crippen molar-refractivity contribution in [2.75, 3.05) is 0 Å². The summed E-state index contributed by atoms with van der Waals surface area (Å²) < 4.78 is 1.33. The quantitative estimate of drug-likeness (QED) is 0.656. The van der Waals surface area contributed by atoms with E-state index in [-0.39, 0.29) is 0 Å². The summed E-state index contributed by atoms with van der Waals surface area (Å²) in [4.78, 5) is 0. The minimum Gasteiger partial charge on any atom is -0.0614 e. The average Bonchev–Trinajstić information content (AvgIpc) is 2.27. The lowest BCUT2D eigenvalue weighted by Crippen LogP contribution is -1.91. The molecule has 0 aliphatic heterocycles. The third-order valence-corrected chi connectivity index (χ3v) is 4.33. The zero-order valence-electron chi connectivity index (χ0n) is 9.84. The van der Waals surface area contributed by atoms with E-state index in [9.17, 15) is 0 Å². The lowest BCUT2D eigenvalue weighted by Gasteiger charge is -2.12. The highest BCUT2D eigenvalue weighted by molar-refractivity contribution is 14.1. The Balaban J connectivity index is 2.68. The van der Waals surface area contributed by atoms with Crippen LogP contribution in [0.15, 0.2) is 36.4 Å². The molecule has 0 nitrogen and oxygen atoms in total. The first kappa shape index (κ1) is 11.6. The molecule has 0 radical (unpaired) electrons. The largest absolute Gasteiger partial charge is 0.0614 e. The van der Waals surface area contributed by atoms with E-state index in [2.05, 4.69) is 79.8 Å². The molecule has 1 heteroatoms. The molecule has 0 heterocycles. The van der Waals surface area contributed by atoms with Crippen molar-refractivity contribution >= 4 is 22.6 Å². The minimum absolute atomic E-state index is 1.33. The topological polar surface area (TPSA) is 0 Å². The fraction of sp³-hybridized carbons (Fsp3) is 0.200. The maximum absolute atomic E-state index is 2.40. The summed E-state index contributed by atoms with van der Waals surface area (Å²) in [6.45, 7) is 6.56. The van der Waals surface area contributed by atoms with Gasteiger partial charge in [-0.05, 0) is 77.2 Å². The van der Waals surface area contributed by atoms with Crippen LogP contribution in [0.2, 0.25) is 0 Å². The standard InChI is InChI=1S/C15H15I/c1-10-6-4-7-13(11(10)2)14-8-5-9-15(16)12(14)3/h4-9H,1-3H3. The van der Waals surface area contributed by atoms with E-state index >= 15 is 0 Å². The second-order valence-electron chi connectivity index (χ2n) is 4.16. The van der Waals surface area contributed by atoms with Gasteiger partial charge in [-0.2, -0.15) is 0 Å². The van der Waals surface area contributed by atoms with Crippen molar-refractivity contribution < 1.29 is 0 Å². The van der Waals surface area contributed by atoms with Gasteiger partial charge in [0.05, 0.1) is 0 Å². The fourth-order valence-electron chi connectivity index (χ4n) is 1.94. The van der Waals surface area contributed by atoms with E-state index in [4.69, 9.17) is 0 Å². The molecule has 82 valence electrons. The summed E-state index contributed by atoms with van der Waals surface area (Å²) in [5.41, 5.74) is 6.82. The van der Waals surface area contributed by atoms with Gasteiger partial charge in [-0.15, -0.1) is 0 Å². The summed E-state index contributed by atoms with van der Waals surface area (Å²) >= 11 is 2.40. The van der Waals surface area contributed by atoms with Crippen LogP contribution >= 0.6 is 22.6 Å². The first-order valence-corrected chi connectivity index (χ1v) is 6.51. The van der Waals surface area contributed by atoms with Crippen molar-refractivity contribution in [3.8, 4) is 11.1 Å². The monoisotopic (exact) mass is 322 g/mol. The summed E-state index contributed by atoms with van der Waals surface area (Å²) in [6, 6.07) is 13.0. The molecule has 0 saturated heterocycles. The number of rotatable bonds is 1. The highest BCUT2D eigenvalue weighted by Crippen LogP contribution is 2.30. The second kappa shape index (κ2) is 4.58. The highest BCUT2D eigenvalue weighted by Gasteiger charge is 2.07. The zero-order valence-corrected chi connectivity index (χ0v) is 12.0. The highest BCUT2D eigenvalue weighted by atomic mass is 127. The Morgan fingerprint density at radius 3 is 2.00 bits per heavy atom. The molecular weight excluding hydrogens is 307 g/mol. The van der Waals surface area contributed by atoms with E-state index in [1.807, 2.05) is 0 Å². The predicted molar refractivity (Wildman–Crippen MR) is 78.8 cm³/mol. The normalized spacial score (nSPS) is 10.5. The molecule has 2 aromatic rings. The number of aryl methyl sites for hydroxylation is 1. The third-order valence-electron chi connectivity index (χ3n) is 3.16. The smallest absolute Gasteiger partial charge is 0.0165 e. The number of halogens is 1. The summed E-state index contributed by atoms with van der Waals surface area (Å²) in [6.07, 6.45) is 0. The SMILES string of the molecule is Cc1cccc(-c2cccc(I)c2C)c1C. The molecular formula is C15H15I. The van der Waals surface area contributed by atoms with Crippen LogP contribution in [0, 0.1) is 24.3 Å². The molecule has 0 N–H and O–H groups in total. The van der Waals surface area contributed by atoms with Crippen LogP contribution in [0.4, 0.5) is 0 Å². The second-order valence-corrected chi connectivity index (χ2v) is 5.32. The molecule has 0 fully saturated rings. The van der Waals surface area contributed by atoms with Gasteiger partial charge in [0, 0.05) is 3.57 Å². The summed E-state index contributed by atoms with van der Waals surface area (Å²) in [5.74, 6) is 0. The van der Waals surface area contributed by atoms with Crippen LogP contribution in [0.1, 0.15) is 16.7 Å². The molecule has 0 aromatic heterocycles. The van der Waals surface area contributed by atoms with Crippen molar-refractivity contribution in [3.05, 3.63) is 56.7 Å². The van der Waals surface area contributed by atoms with Crippen LogP contribution in [-0.2, 0) is 0 Å². The Hall–Kier alpha value is -0.830. The number of benzene rings is 2. The number of hydrogen-bond donors (Lipinski definition) is 0. The Labute approximate surface area is 111 Å². The van der Waals surface area contributed by atoms with Crippen molar-refractivity contribution in [2.24, 2.45) is 0 Å². The van der Waals surface area contributed by atoms with E-state index in [0.717, 1.165) is 0 Å². The van der Waals surface area contributed by atoms with Crippen LogP contribution in [0.25, 0.3) is 11.1 Å². The first-order chi connectivity index (χ1) is 7.61. The number of hydrogen-bond acceptors (Lipinski definition) is 0. The van der Waals surface area contributed by atoms with E-state index in [1.54, 1.807) is 0 Å². The van der Waals surface area contributed by atoms with Gasteiger partial charge in [0.2, 0.25) is 0 Å². The Morgan fingerprint density at radius 1 is 0.750 bits per heavy atom. The van der Waals surface area contributed by atoms with Gasteiger partial charge in [-0.1, -0.05) is 30.3 Å². The van der Waals surface area contributed by atoms with E-state index < -0.39 is 0 Å². The molecule has 0 aliphatic rings. The van der Waals surface area contributed by atoms with Crippen molar-refractivity contribution in [1.29, 1.82) is 0 Å². The summed E-state index contributed by atoms with van der Waals surface area (Å²) in [7, 11) is 0. The van der Waals surface area contributed by atoms with Gasteiger partial charge >= 0.3 is 0 Å². The lowest BCUT2D eigenvalue weighted by molar-refractivity contribution is 1.32. The molecule has 0 amide bonds. The minimum atomic E-state index is 1.33. The zero-order chi connectivity index (χ0) is 11.7. The van der Waals surface area contributed by atoms with Crippen molar-refractivity contribution in [2.45, 2.75) is 20.8 Å². The van der Waals surface area contributed by atoms with Crippen LogP contribution < -0.4 is 0 Å². The maximum atomic E-state index is 2.40. The lowest BCUT2D eigenvalue weighted by atomic mass is 9.94. The fourth-order valence-corrected chi connectivity index (χ4v) is 2.44. The maximum Gasteiger partial charge on any atom is 0.0165 e. The van der Waals surface area contributed by atoms with Gasteiger partial charge in [0.25, 0.3) is 0 Å². The van der Waals surface area contributed by atoms with Gasteiger partial charge in [0.1, 0.15) is 0 Å². The molecule has 0 bridgehead atoms.